The van der Waals surface area contributed by atoms with Crippen LogP contribution in [0.5, 0.6) is 0 Å². The first-order valence-corrected chi connectivity index (χ1v) is 5.29. The van der Waals surface area contributed by atoms with Gasteiger partial charge in [0.05, 0.1) is 5.56 Å². The summed E-state index contributed by atoms with van der Waals surface area (Å²) in [5, 5.41) is 6.27. The standard InChI is InChI=1S/C11H8FNOS/c12-9-1-3-10(4-2-9)13-11(14)8-5-6-15-7-8/h1-7H,(H,13,14). The Labute approximate surface area is 90.4 Å². The fraction of sp³-hybridized carbons (Fsp3) is 0. The molecule has 0 aliphatic carbocycles. The Balaban J connectivity index is 2.09. The molecule has 0 unspecified atom stereocenters. The molecule has 0 saturated carbocycles. The van der Waals surface area contributed by atoms with Gasteiger partial charge in [-0.2, -0.15) is 11.3 Å². The Morgan fingerprint density at radius 1 is 1.20 bits per heavy atom. The van der Waals surface area contributed by atoms with E-state index in [1.165, 1.54) is 35.6 Å². The van der Waals surface area contributed by atoms with Gasteiger partial charge >= 0.3 is 0 Å². The van der Waals surface area contributed by atoms with Crippen LogP contribution in [0.1, 0.15) is 10.4 Å². The Morgan fingerprint density at radius 3 is 2.53 bits per heavy atom. The highest BCUT2D eigenvalue weighted by Crippen LogP contribution is 2.12. The molecule has 15 heavy (non-hydrogen) atoms. The number of carbonyl (C=O) groups excluding carboxylic acids is 1. The van der Waals surface area contributed by atoms with Gasteiger partial charge < -0.3 is 5.32 Å². The topological polar surface area (TPSA) is 29.1 Å². The van der Waals surface area contributed by atoms with E-state index in [9.17, 15) is 9.18 Å². The van der Waals surface area contributed by atoms with Crippen LogP contribution in [0, 0.1) is 5.82 Å². The van der Waals surface area contributed by atoms with Gasteiger partial charge in [-0.1, -0.05) is 0 Å². The Kier molecular flexibility index (Phi) is 2.78. The van der Waals surface area contributed by atoms with Crippen molar-refractivity contribution in [3.8, 4) is 0 Å². The van der Waals surface area contributed by atoms with Crippen molar-refractivity contribution in [3.05, 3.63) is 52.5 Å². The number of thiophene rings is 1. The zero-order valence-electron chi connectivity index (χ0n) is 7.74. The van der Waals surface area contributed by atoms with E-state index in [2.05, 4.69) is 5.32 Å². The molecule has 1 amide bonds. The SMILES string of the molecule is O=C(Nc1ccc(F)cc1)c1ccsc1. The van der Waals surface area contributed by atoms with E-state index in [1.807, 2.05) is 5.38 Å². The zero-order chi connectivity index (χ0) is 10.7. The molecule has 1 aromatic heterocycles. The monoisotopic (exact) mass is 221 g/mol. The second-order valence-corrected chi connectivity index (χ2v) is 3.75. The highest BCUT2D eigenvalue weighted by atomic mass is 32.1. The third-order valence-corrected chi connectivity index (χ3v) is 2.57. The molecular weight excluding hydrogens is 213 g/mol. The molecule has 1 N–H and O–H groups in total. The Hall–Kier alpha value is -1.68. The number of amides is 1. The fourth-order valence-electron chi connectivity index (χ4n) is 1.13. The average Bonchev–Trinajstić information content (AvgIpc) is 2.74. The third kappa shape index (κ3) is 2.41. The minimum absolute atomic E-state index is 0.178. The molecule has 1 heterocycles. The van der Waals surface area contributed by atoms with E-state index in [1.54, 1.807) is 11.4 Å². The first-order valence-electron chi connectivity index (χ1n) is 4.35. The van der Waals surface area contributed by atoms with Gasteiger partial charge in [0.2, 0.25) is 0 Å². The molecule has 0 fully saturated rings. The summed E-state index contributed by atoms with van der Waals surface area (Å²) in [6, 6.07) is 7.41. The fourth-order valence-corrected chi connectivity index (χ4v) is 1.77. The summed E-state index contributed by atoms with van der Waals surface area (Å²) in [6.07, 6.45) is 0. The number of hydrogen-bond acceptors (Lipinski definition) is 2. The van der Waals surface area contributed by atoms with E-state index in [0.717, 1.165) is 0 Å². The number of nitrogens with one attached hydrogen (secondary N) is 1. The summed E-state index contributed by atoms with van der Waals surface area (Å²) >= 11 is 1.46. The second kappa shape index (κ2) is 4.23. The van der Waals surface area contributed by atoms with Crippen LogP contribution in [0.25, 0.3) is 0 Å². The smallest absolute Gasteiger partial charge is 0.256 e. The number of carbonyl (C=O) groups is 1. The molecule has 0 bridgehead atoms. The minimum Gasteiger partial charge on any atom is -0.322 e. The van der Waals surface area contributed by atoms with Crippen LogP contribution in [-0.2, 0) is 0 Å². The van der Waals surface area contributed by atoms with Crippen molar-refractivity contribution in [2.75, 3.05) is 5.32 Å². The number of halogens is 1. The van der Waals surface area contributed by atoms with Crippen molar-refractivity contribution in [2.24, 2.45) is 0 Å². The van der Waals surface area contributed by atoms with Gasteiger partial charge in [-0.15, -0.1) is 0 Å². The largest absolute Gasteiger partial charge is 0.322 e. The molecule has 4 heteroatoms. The van der Waals surface area contributed by atoms with Gasteiger partial charge in [0.25, 0.3) is 5.91 Å². The van der Waals surface area contributed by atoms with Gasteiger partial charge in [0.15, 0.2) is 0 Å². The maximum Gasteiger partial charge on any atom is 0.256 e. The molecule has 0 aliphatic heterocycles. The van der Waals surface area contributed by atoms with Crippen molar-refractivity contribution in [2.45, 2.75) is 0 Å². The molecule has 2 aromatic rings. The molecule has 0 atom stereocenters. The number of benzene rings is 1. The summed E-state index contributed by atoms with van der Waals surface area (Å²) in [4.78, 5) is 11.6. The summed E-state index contributed by atoms with van der Waals surface area (Å²) < 4.78 is 12.6. The lowest BCUT2D eigenvalue weighted by Crippen LogP contribution is -2.10. The number of anilines is 1. The van der Waals surface area contributed by atoms with E-state index >= 15 is 0 Å². The predicted molar refractivity (Wildman–Crippen MR) is 58.7 cm³/mol. The van der Waals surface area contributed by atoms with Crippen LogP contribution in [-0.4, -0.2) is 5.91 Å². The lowest BCUT2D eigenvalue weighted by molar-refractivity contribution is 0.102. The zero-order valence-corrected chi connectivity index (χ0v) is 8.55. The molecule has 0 radical (unpaired) electrons. The molecule has 2 rings (SSSR count). The third-order valence-electron chi connectivity index (χ3n) is 1.89. The van der Waals surface area contributed by atoms with Gasteiger partial charge in [0.1, 0.15) is 5.82 Å². The van der Waals surface area contributed by atoms with Gasteiger partial charge in [0, 0.05) is 11.1 Å². The van der Waals surface area contributed by atoms with Gasteiger partial charge in [-0.05, 0) is 35.7 Å². The van der Waals surface area contributed by atoms with E-state index in [-0.39, 0.29) is 11.7 Å². The van der Waals surface area contributed by atoms with Crippen molar-refractivity contribution in [3.63, 3.8) is 0 Å². The normalized spacial score (nSPS) is 9.93. The van der Waals surface area contributed by atoms with Crippen LogP contribution in [0.4, 0.5) is 10.1 Å². The van der Waals surface area contributed by atoms with Gasteiger partial charge in [-0.3, -0.25) is 4.79 Å². The summed E-state index contributed by atoms with van der Waals surface area (Å²) in [7, 11) is 0. The van der Waals surface area contributed by atoms with E-state index < -0.39 is 0 Å². The summed E-state index contributed by atoms with van der Waals surface area (Å²) in [6.45, 7) is 0. The second-order valence-electron chi connectivity index (χ2n) is 2.97. The number of rotatable bonds is 2. The van der Waals surface area contributed by atoms with Crippen LogP contribution in [0.15, 0.2) is 41.1 Å². The van der Waals surface area contributed by atoms with Crippen LogP contribution < -0.4 is 5.32 Å². The molecule has 0 saturated heterocycles. The first-order chi connectivity index (χ1) is 7.25. The molecule has 2 nitrogen and oxygen atoms in total. The molecule has 1 aromatic carbocycles. The summed E-state index contributed by atoms with van der Waals surface area (Å²) in [5.74, 6) is -0.494. The van der Waals surface area contributed by atoms with Crippen LogP contribution in [0.3, 0.4) is 0 Å². The quantitative estimate of drug-likeness (QED) is 0.829. The van der Waals surface area contributed by atoms with Crippen molar-refractivity contribution >= 4 is 22.9 Å². The van der Waals surface area contributed by atoms with Crippen molar-refractivity contribution < 1.29 is 9.18 Å². The van der Waals surface area contributed by atoms with Crippen molar-refractivity contribution in [1.82, 2.24) is 0 Å². The minimum atomic E-state index is -0.316. The van der Waals surface area contributed by atoms with Gasteiger partial charge in [-0.25, -0.2) is 4.39 Å². The predicted octanol–water partition coefficient (Wildman–Crippen LogP) is 3.14. The van der Waals surface area contributed by atoms with E-state index in [0.29, 0.717) is 11.3 Å². The molecule has 0 spiro atoms. The van der Waals surface area contributed by atoms with Crippen LogP contribution in [0.2, 0.25) is 0 Å². The maximum atomic E-state index is 12.6. The Bertz CT molecular complexity index is 450. The molecule has 76 valence electrons. The molecular formula is C11H8FNOS. The first kappa shape index (κ1) is 9.86. The lowest BCUT2D eigenvalue weighted by Gasteiger charge is -2.02. The summed E-state index contributed by atoms with van der Waals surface area (Å²) in [5.41, 5.74) is 1.21. The van der Waals surface area contributed by atoms with Crippen molar-refractivity contribution in [1.29, 1.82) is 0 Å². The maximum absolute atomic E-state index is 12.6. The van der Waals surface area contributed by atoms with Crippen LogP contribution >= 0.6 is 11.3 Å². The Morgan fingerprint density at radius 2 is 1.93 bits per heavy atom. The lowest BCUT2D eigenvalue weighted by atomic mass is 10.3. The van der Waals surface area contributed by atoms with E-state index in [4.69, 9.17) is 0 Å². The average molecular weight is 221 g/mol. The number of hydrogen-bond donors (Lipinski definition) is 1. The molecule has 0 aliphatic rings. The highest BCUT2D eigenvalue weighted by Gasteiger charge is 2.05. The highest BCUT2D eigenvalue weighted by molar-refractivity contribution is 7.08.